The van der Waals surface area contributed by atoms with Crippen LogP contribution in [0.25, 0.3) is 0 Å². The lowest BCUT2D eigenvalue weighted by Crippen LogP contribution is -2.45. The molecule has 2 aromatic rings. The van der Waals surface area contributed by atoms with Crippen LogP contribution in [-0.2, 0) is 0 Å². The summed E-state index contributed by atoms with van der Waals surface area (Å²) in [5, 5.41) is 0. The molecule has 1 unspecified atom stereocenters. The zero-order valence-corrected chi connectivity index (χ0v) is 14.9. The molecule has 1 aromatic carbocycles. The monoisotopic (exact) mass is 344 g/mol. The van der Waals surface area contributed by atoms with Crippen LogP contribution in [0.4, 0.5) is 5.95 Å². The van der Waals surface area contributed by atoms with Gasteiger partial charge in [0.1, 0.15) is 6.10 Å². The number of nitrogens with zero attached hydrogens (tertiary/aromatic N) is 3. The van der Waals surface area contributed by atoms with E-state index in [1.165, 1.54) is 6.07 Å². The fraction of sp³-hybridized carbons (Fsp3) is 0.444. The lowest BCUT2D eigenvalue weighted by molar-refractivity contribution is 0.211. The van der Waals surface area contributed by atoms with Crippen LogP contribution in [0.1, 0.15) is 18.7 Å². The summed E-state index contributed by atoms with van der Waals surface area (Å²) in [5.41, 5.74) is 0.429. The number of aromatic nitrogens is 2. The second-order valence-electron chi connectivity index (χ2n) is 6.20. The third-order valence-corrected chi connectivity index (χ3v) is 4.34. The van der Waals surface area contributed by atoms with Gasteiger partial charge < -0.3 is 19.3 Å². The molecule has 1 fully saturated rings. The first-order chi connectivity index (χ1) is 12.1. The number of anilines is 1. The number of H-pyrrole nitrogens is 1. The first-order valence-electron chi connectivity index (χ1n) is 8.41. The molecule has 134 valence electrons. The largest absolute Gasteiger partial charge is 0.493 e. The zero-order valence-electron chi connectivity index (χ0n) is 14.9. The molecule has 0 saturated carbocycles. The minimum absolute atomic E-state index is 0.172. The molecule has 25 heavy (non-hydrogen) atoms. The Hall–Kier alpha value is -2.54. The van der Waals surface area contributed by atoms with E-state index in [2.05, 4.69) is 26.8 Å². The summed E-state index contributed by atoms with van der Waals surface area (Å²) in [6, 6.07) is 8.92. The third kappa shape index (κ3) is 4.11. The van der Waals surface area contributed by atoms with E-state index in [0.29, 0.717) is 23.1 Å². The van der Waals surface area contributed by atoms with Gasteiger partial charge in [-0.15, -0.1) is 0 Å². The number of hydrogen-bond donors (Lipinski definition) is 1. The highest BCUT2D eigenvalue weighted by Crippen LogP contribution is 2.30. The average molecular weight is 344 g/mol. The molecule has 1 saturated heterocycles. The van der Waals surface area contributed by atoms with Gasteiger partial charge in [-0.3, -0.25) is 9.78 Å². The van der Waals surface area contributed by atoms with Gasteiger partial charge >= 0.3 is 0 Å². The van der Waals surface area contributed by atoms with Gasteiger partial charge in [0.15, 0.2) is 11.5 Å². The van der Waals surface area contributed by atoms with Crippen molar-refractivity contribution in [2.45, 2.75) is 13.0 Å². The summed E-state index contributed by atoms with van der Waals surface area (Å²) in [4.78, 5) is 23.9. The van der Waals surface area contributed by atoms with Gasteiger partial charge in [-0.1, -0.05) is 12.1 Å². The molecule has 1 aliphatic rings. The second-order valence-corrected chi connectivity index (χ2v) is 6.20. The van der Waals surface area contributed by atoms with E-state index in [0.717, 1.165) is 26.2 Å². The minimum atomic E-state index is -0.371. The molecule has 0 spiro atoms. The number of likely N-dealkylation sites (N-methyl/N-ethyl adjacent to an activating group) is 1. The van der Waals surface area contributed by atoms with Crippen molar-refractivity contribution in [3.8, 4) is 11.5 Å². The van der Waals surface area contributed by atoms with Crippen molar-refractivity contribution in [2.24, 2.45) is 0 Å². The van der Waals surface area contributed by atoms with E-state index < -0.39 is 0 Å². The van der Waals surface area contributed by atoms with Gasteiger partial charge in [0.05, 0.1) is 12.8 Å². The lowest BCUT2D eigenvalue weighted by atomic mass is 10.2. The summed E-state index contributed by atoms with van der Waals surface area (Å²) in [5.74, 6) is 1.88. The summed E-state index contributed by atoms with van der Waals surface area (Å²) in [7, 11) is 3.69. The molecule has 0 bridgehead atoms. The van der Waals surface area contributed by atoms with Crippen LogP contribution < -0.4 is 19.9 Å². The molecule has 3 rings (SSSR count). The van der Waals surface area contributed by atoms with Gasteiger partial charge in [-0.2, -0.15) is 0 Å². The van der Waals surface area contributed by atoms with E-state index in [1.807, 2.05) is 31.2 Å². The third-order valence-electron chi connectivity index (χ3n) is 4.34. The molecule has 0 radical (unpaired) electrons. The maximum atomic E-state index is 12.1. The molecular weight excluding hydrogens is 320 g/mol. The molecule has 7 nitrogen and oxygen atoms in total. The number of ether oxygens (including phenoxy) is 2. The molecular formula is C18H24N4O3. The molecule has 7 heteroatoms. The Labute approximate surface area is 147 Å². The van der Waals surface area contributed by atoms with Crippen LogP contribution in [0.2, 0.25) is 0 Å². The van der Waals surface area contributed by atoms with Crippen LogP contribution in [0, 0.1) is 0 Å². The normalized spacial score (nSPS) is 16.5. The number of benzene rings is 1. The number of nitrogens with one attached hydrogen (secondary N) is 1. The summed E-state index contributed by atoms with van der Waals surface area (Å²) in [6.07, 6.45) is -0.371. The fourth-order valence-electron chi connectivity index (χ4n) is 2.81. The highest BCUT2D eigenvalue weighted by Gasteiger charge is 2.19. The van der Waals surface area contributed by atoms with Gasteiger partial charge in [-0.25, -0.2) is 4.98 Å². The summed E-state index contributed by atoms with van der Waals surface area (Å²) in [6.45, 7) is 5.44. The number of para-hydroxylation sites is 2. The minimum Gasteiger partial charge on any atom is -0.493 e. The average Bonchev–Trinajstić information content (AvgIpc) is 2.62. The number of methoxy groups -OCH3 is 1. The molecule has 0 amide bonds. The molecule has 0 aliphatic carbocycles. The van der Waals surface area contributed by atoms with Gasteiger partial charge in [0, 0.05) is 32.2 Å². The van der Waals surface area contributed by atoms with E-state index in [4.69, 9.17) is 9.47 Å². The second kappa shape index (κ2) is 7.57. The van der Waals surface area contributed by atoms with Crippen LogP contribution in [0.3, 0.4) is 0 Å². The SMILES string of the molecule is COc1ccccc1OC(C)c1cc(=O)[nH]c(N2CCN(C)CC2)n1. The summed E-state index contributed by atoms with van der Waals surface area (Å²) < 4.78 is 11.3. The topological polar surface area (TPSA) is 70.7 Å². The van der Waals surface area contributed by atoms with E-state index in [-0.39, 0.29) is 11.7 Å². The molecule has 1 aliphatic heterocycles. The Kier molecular flexibility index (Phi) is 5.23. The van der Waals surface area contributed by atoms with Crippen LogP contribution in [0.5, 0.6) is 11.5 Å². The zero-order chi connectivity index (χ0) is 17.8. The highest BCUT2D eigenvalue weighted by atomic mass is 16.5. The van der Waals surface area contributed by atoms with Gasteiger partial charge in [-0.05, 0) is 26.1 Å². The maximum absolute atomic E-state index is 12.1. The number of aromatic amines is 1. The van der Waals surface area contributed by atoms with Crippen molar-refractivity contribution in [2.75, 3.05) is 45.2 Å². The maximum Gasteiger partial charge on any atom is 0.252 e. The van der Waals surface area contributed by atoms with Crippen molar-refractivity contribution in [1.29, 1.82) is 0 Å². The smallest absolute Gasteiger partial charge is 0.252 e. The fourth-order valence-corrected chi connectivity index (χ4v) is 2.81. The van der Waals surface area contributed by atoms with Crippen molar-refractivity contribution in [3.05, 3.63) is 46.4 Å². The Balaban J connectivity index is 1.80. The first-order valence-corrected chi connectivity index (χ1v) is 8.41. The van der Waals surface area contributed by atoms with E-state index >= 15 is 0 Å². The number of rotatable bonds is 5. The van der Waals surface area contributed by atoms with Crippen LogP contribution in [0.15, 0.2) is 35.1 Å². The summed E-state index contributed by atoms with van der Waals surface area (Å²) >= 11 is 0. The van der Waals surface area contributed by atoms with Crippen molar-refractivity contribution in [1.82, 2.24) is 14.9 Å². The Morgan fingerprint density at radius 3 is 2.52 bits per heavy atom. The van der Waals surface area contributed by atoms with Crippen LogP contribution in [-0.4, -0.2) is 55.2 Å². The van der Waals surface area contributed by atoms with E-state index in [1.54, 1.807) is 7.11 Å². The molecule has 1 aromatic heterocycles. The number of hydrogen-bond acceptors (Lipinski definition) is 6. The van der Waals surface area contributed by atoms with Crippen molar-refractivity contribution in [3.63, 3.8) is 0 Å². The van der Waals surface area contributed by atoms with Crippen LogP contribution >= 0.6 is 0 Å². The predicted octanol–water partition coefficient (Wildman–Crippen LogP) is 1.67. The lowest BCUT2D eigenvalue weighted by Gasteiger charge is -2.32. The van der Waals surface area contributed by atoms with Gasteiger partial charge in [0.2, 0.25) is 5.95 Å². The predicted molar refractivity (Wildman–Crippen MR) is 96.6 cm³/mol. The molecule has 2 heterocycles. The first kappa shape index (κ1) is 17.3. The van der Waals surface area contributed by atoms with E-state index in [9.17, 15) is 4.79 Å². The van der Waals surface area contributed by atoms with Crippen molar-refractivity contribution >= 4 is 5.95 Å². The highest BCUT2D eigenvalue weighted by molar-refractivity contribution is 5.40. The molecule has 1 N–H and O–H groups in total. The Bertz CT molecular complexity index is 769. The van der Waals surface area contributed by atoms with Gasteiger partial charge in [0.25, 0.3) is 5.56 Å². The number of piperazine rings is 1. The van der Waals surface area contributed by atoms with Crippen molar-refractivity contribution < 1.29 is 9.47 Å². The Morgan fingerprint density at radius 2 is 1.84 bits per heavy atom. The standard InChI is InChI=1S/C18H24N4O3/c1-13(25-16-7-5-4-6-15(16)24-3)14-12-17(23)20-18(19-14)22-10-8-21(2)9-11-22/h4-7,12-13H,8-11H2,1-3H3,(H,19,20,23). The molecule has 1 atom stereocenters. The Morgan fingerprint density at radius 1 is 1.16 bits per heavy atom. The quantitative estimate of drug-likeness (QED) is 0.890.